The summed E-state index contributed by atoms with van der Waals surface area (Å²) in [6.45, 7) is 4.30. The van der Waals surface area contributed by atoms with Gasteiger partial charge in [0, 0.05) is 12.1 Å². The number of rotatable bonds is 1. The van der Waals surface area contributed by atoms with Gasteiger partial charge in [-0.2, -0.15) is 0 Å². The SMILES string of the molecule is CC1C[C@H](C)C(n2ccc3c(N)ncnc32)O1. The molecule has 2 unspecified atom stereocenters. The van der Waals surface area contributed by atoms with Gasteiger partial charge in [-0.05, 0) is 19.4 Å². The quantitative estimate of drug-likeness (QED) is 0.816. The second-order valence-corrected chi connectivity index (χ2v) is 4.77. The van der Waals surface area contributed by atoms with Crippen molar-refractivity contribution in [3.05, 3.63) is 18.6 Å². The van der Waals surface area contributed by atoms with Gasteiger partial charge in [-0.25, -0.2) is 9.97 Å². The van der Waals surface area contributed by atoms with E-state index in [9.17, 15) is 0 Å². The van der Waals surface area contributed by atoms with E-state index in [0.29, 0.717) is 17.8 Å². The maximum absolute atomic E-state index is 5.93. The van der Waals surface area contributed by atoms with Gasteiger partial charge in [-0.15, -0.1) is 0 Å². The van der Waals surface area contributed by atoms with Crippen LogP contribution in [0.1, 0.15) is 26.5 Å². The van der Waals surface area contributed by atoms with Crippen molar-refractivity contribution in [3.8, 4) is 0 Å². The molecule has 1 fully saturated rings. The zero-order valence-electron chi connectivity index (χ0n) is 10.00. The van der Waals surface area contributed by atoms with Crippen molar-refractivity contribution in [1.82, 2.24) is 14.5 Å². The Bertz CT molecular complexity index is 550. The number of fused-ring (bicyclic) bond motifs is 1. The Labute approximate surface area is 99.6 Å². The molecule has 3 atom stereocenters. The van der Waals surface area contributed by atoms with Gasteiger partial charge in [-0.1, -0.05) is 6.92 Å². The molecule has 0 amide bonds. The molecular formula is C12H16N4O. The number of nitrogens with zero attached hydrogens (tertiary/aromatic N) is 3. The molecule has 0 aliphatic carbocycles. The normalized spacial score (nSPS) is 28.9. The highest BCUT2D eigenvalue weighted by Gasteiger charge is 2.31. The van der Waals surface area contributed by atoms with E-state index in [1.54, 1.807) is 0 Å². The van der Waals surface area contributed by atoms with Crippen molar-refractivity contribution < 1.29 is 4.74 Å². The third kappa shape index (κ3) is 1.58. The third-order valence-corrected chi connectivity index (χ3v) is 3.38. The summed E-state index contributed by atoms with van der Waals surface area (Å²) in [7, 11) is 0. The van der Waals surface area contributed by atoms with E-state index in [1.807, 2.05) is 12.3 Å². The maximum Gasteiger partial charge on any atom is 0.147 e. The van der Waals surface area contributed by atoms with E-state index in [2.05, 4.69) is 28.4 Å². The van der Waals surface area contributed by atoms with E-state index in [-0.39, 0.29) is 6.23 Å². The van der Waals surface area contributed by atoms with E-state index in [4.69, 9.17) is 10.5 Å². The molecule has 0 spiro atoms. The monoisotopic (exact) mass is 232 g/mol. The van der Waals surface area contributed by atoms with Gasteiger partial charge in [0.2, 0.25) is 0 Å². The van der Waals surface area contributed by atoms with Crippen LogP contribution in [0.5, 0.6) is 0 Å². The maximum atomic E-state index is 5.93. The molecule has 2 N–H and O–H groups in total. The van der Waals surface area contributed by atoms with Crippen LogP contribution in [-0.2, 0) is 4.74 Å². The first-order chi connectivity index (χ1) is 8.16. The van der Waals surface area contributed by atoms with E-state index in [1.165, 1.54) is 6.33 Å². The fraction of sp³-hybridized carbons (Fsp3) is 0.500. The van der Waals surface area contributed by atoms with Crippen molar-refractivity contribution in [1.29, 1.82) is 0 Å². The Morgan fingerprint density at radius 1 is 1.41 bits per heavy atom. The van der Waals surface area contributed by atoms with Crippen LogP contribution in [0.15, 0.2) is 18.6 Å². The van der Waals surface area contributed by atoms with Crippen LogP contribution in [0.25, 0.3) is 11.0 Å². The Balaban J connectivity index is 2.09. The Morgan fingerprint density at radius 3 is 2.94 bits per heavy atom. The van der Waals surface area contributed by atoms with Crippen LogP contribution in [0.3, 0.4) is 0 Å². The highest BCUT2D eigenvalue weighted by Crippen LogP contribution is 2.36. The minimum absolute atomic E-state index is 0.0526. The number of nitrogens with two attached hydrogens (primary N) is 1. The molecular weight excluding hydrogens is 216 g/mol. The van der Waals surface area contributed by atoms with Crippen LogP contribution in [-0.4, -0.2) is 20.6 Å². The zero-order valence-corrected chi connectivity index (χ0v) is 10.00. The van der Waals surface area contributed by atoms with Crippen LogP contribution < -0.4 is 5.73 Å². The lowest BCUT2D eigenvalue weighted by molar-refractivity contribution is 0.000249. The molecule has 5 nitrogen and oxygen atoms in total. The number of hydrogen-bond donors (Lipinski definition) is 1. The fourth-order valence-corrected chi connectivity index (χ4v) is 2.60. The predicted octanol–water partition coefficient (Wildman–Crippen LogP) is 1.96. The summed E-state index contributed by atoms with van der Waals surface area (Å²) < 4.78 is 7.98. The summed E-state index contributed by atoms with van der Waals surface area (Å²) in [5.74, 6) is 1.00. The van der Waals surface area contributed by atoms with Crippen LogP contribution >= 0.6 is 0 Å². The average Bonchev–Trinajstić information content (AvgIpc) is 2.83. The zero-order chi connectivity index (χ0) is 12.0. The number of aromatic nitrogens is 3. The molecule has 17 heavy (non-hydrogen) atoms. The first-order valence-corrected chi connectivity index (χ1v) is 5.89. The third-order valence-electron chi connectivity index (χ3n) is 3.38. The van der Waals surface area contributed by atoms with E-state index >= 15 is 0 Å². The van der Waals surface area contributed by atoms with Crippen LogP contribution in [0, 0.1) is 5.92 Å². The molecule has 5 heteroatoms. The molecule has 3 rings (SSSR count). The molecule has 1 aliphatic heterocycles. The number of hydrogen-bond acceptors (Lipinski definition) is 4. The topological polar surface area (TPSA) is 66.0 Å². The lowest BCUT2D eigenvalue weighted by atomic mass is 10.1. The van der Waals surface area contributed by atoms with Crippen molar-refractivity contribution in [2.24, 2.45) is 5.92 Å². The lowest BCUT2D eigenvalue weighted by Gasteiger charge is -2.17. The second-order valence-electron chi connectivity index (χ2n) is 4.77. The van der Waals surface area contributed by atoms with Gasteiger partial charge in [0.15, 0.2) is 0 Å². The molecule has 2 aromatic rings. The summed E-state index contributed by atoms with van der Waals surface area (Å²) in [6.07, 6.45) is 4.90. The standard InChI is InChI=1S/C12H16N4O/c1-7-5-8(2)17-12(7)16-4-3-9-10(13)14-6-15-11(9)16/h3-4,6-8,12H,5H2,1-2H3,(H2,13,14,15)/t7-,8?,12?/m0/s1. The van der Waals surface area contributed by atoms with Gasteiger partial charge in [-0.3, -0.25) is 0 Å². The molecule has 0 saturated carbocycles. The number of ether oxygens (including phenoxy) is 1. The van der Waals surface area contributed by atoms with Gasteiger partial charge >= 0.3 is 0 Å². The Kier molecular flexibility index (Phi) is 2.29. The Morgan fingerprint density at radius 2 is 2.24 bits per heavy atom. The number of anilines is 1. The predicted molar refractivity (Wildman–Crippen MR) is 65.3 cm³/mol. The number of nitrogen functional groups attached to an aromatic ring is 1. The molecule has 2 aromatic heterocycles. The van der Waals surface area contributed by atoms with Crippen molar-refractivity contribution in [2.75, 3.05) is 5.73 Å². The molecule has 0 bridgehead atoms. The summed E-state index contributed by atoms with van der Waals surface area (Å²) >= 11 is 0. The smallest absolute Gasteiger partial charge is 0.147 e. The molecule has 3 heterocycles. The van der Waals surface area contributed by atoms with Gasteiger partial charge in [0.25, 0.3) is 0 Å². The summed E-state index contributed by atoms with van der Waals surface area (Å²) in [4.78, 5) is 8.29. The minimum Gasteiger partial charge on any atom is -0.383 e. The highest BCUT2D eigenvalue weighted by atomic mass is 16.5. The van der Waals surface area contributed by atoms with Gasteiger partial charge in [0.1, 0.15) is 24.0 Å². The average molecular weight is 232 g/mol. The molecule has 0 aromatic carbocycles. The van der Waals surface area contributed by atoms with Gasteiger partial charge in [0.05, 0.1) is 11.5 Å². The summed E-state index contributed by atoms with van der Waals surface area (Å²) in [6, 6.07) is 1.95. The molecule has 0 radical (unpaired) electrons. The second kappa shape index (κ2) is 3.70. The first-order valence-electron chi connectivity index (χ1n) is 5.89. The molecule has 1 aliphatic rings. The first kappa shape index (κ1) is 10.5. The van der Waals surface area contributed by atoms with Crippen LogP contribution in [0.4, 0.5) is 5.82 Å². The minimum atomic E-state index is 0.0526. The van der Waals surface area contributed by atoms with Crippen molar-refractivity contribution in [3.63, 3.8) is 0 Å². The largest absolute Gasteiger partial charge is 0.383 e. The van der Waals surface area contributed by atoms with Gasteiger partial charge < -0.3 is 15.0 Å². The van der Waals surface area contributed by atoms with E-state index in [0.717, 1.165) is 17.5 Å². The lowest BCUT2D eigenvalue weighted by Crippen LogP contribution is -2.13. The summed E-state index contributed by atoms with van der Waals surface area (Å²) in [5, 5.41) is 0.892. The Hall–Kier alpha value is -1.62. The fourth-order valence-electron chi connectivity index (χ4n) is 2.60. The van der Waals surface area contributed by atoms with E-state index < -0.39 is 0 Å². The van der Waals surface area contributed by atoms with Crippen molar-refractivity contribution >= 4 is 16.9 Å². The highest BCUT2D eigenvalue weighted by molar-refractivity contribution is 5.86. The molecule has 90 valence electrons. The van der Waals surface area contributed by atoms with Crippen LogP contribution in [0.2, 0.25) is 0 Å². The molecule has 1 saturated heterocycles. The summed E-state index contributed by atoms with van der Waals surface area (Å²) in [5.41, 5.74) is 6.68. The van der Waals surface area contributed by atoms with Crippen molar-refractivity contribution in [2.45, 2.75) is 32.6 Å².